The Morgan fingerprint density at radius 1 is 0.968 bits per heavy atom. The summed E-state index contributed by atoms with van der Waals surface area (Å²) in [6.07, 6.45) is 0. The van der Waals surface area contributed by atoms with E-state index < -0.39 is 0 Å². The van der Waals surface area contributed by atoms with E-state index in [1.165, 1.54) is 6.07 Å². The lowest BCUT2D eigenvalue weighted by Crippen LogP contribution is -2.02. The molecule has 0 spiro atoms. The summed E-state index contributed by atoms with van der Waals surface area (Å²) in [6.45, 7) is 2.09. The number of thiazole rings is 1. The summed E-state index contributed by atoms with van der Waals surface area (Å²) in [7, 11) is 0. The summed E-state index contributed by atoms with van der Waals surface area (Å²) >= 11 is 6.13. The third kappa shape index (κ3) is 3.87. The van der Waals surface area contributed by atoms with Gasteiger partial charge < -0.3 is 5.32 Å². The van der Waals surface area contributed by atoms with Crippen LogP contribution in [0.25, 0.3) is 27.5 Å². The third-order valence-electron chi connectivity index (χ3n) is 5.08. The molecule has 5 aromatic rings. The zero-order valence-electron chi connectivity index (χ0n) is 16.4. The molecule has 3 aromatic carbocycles. The molecule has 154 valence electrons. The second-order valence-corrected chi connectivity index (χ2v) is 10.3. The Kier molecular flexibility index (Phi) is 5.74. The van der Waals surface area contributed by atoms with Crippen molar-refractivity contribution in [3.63, 3.8) is 0 Å². The molecular formula is C24H16FI2N3S. The Hall–Kier alpha value is -1.98. The van der Waals surface area contributed by atoms with Crippen molar-refractivity contribution in [3.8, 4) is 22.5 Å². The molecule has 2 aromatic heterocycles. The van der Waals surface area contributed by atoms with Gasteiger partial charge in [-0.1, -0.05) is 42.5 Å². The van der Waals surface area contributed by atoms with Crippen LogP contribution in [0.15, 0.2) is 72.1 Å². The van der Waals surface area contributed by atoms with Crippen LogP contribution < -0.4 is 5.32 Å². The van der Waals surface area contributed by atoms with E-state index in [1.54, 1.807) is 23.5 Å². The maximum atomic E-state index is 13.8. The van der Waals surface area contributed by atoms with Gasteiger partial charge in [-0.2, -0.15) is 0 Å². The molecular weight excluding hydrogens is 635 g/mol. The van der Waals surface area contributed by atoms with Gasteiger partial charge in [-0.3, -0.25) is 4.40 Å². The van der Waals surface area contributed by atoms with Gasteiger partial charge in [0.1, 0.15) is 17.3 Å². The number of halogens is 3. The fourth-order valence-electron chi connectivity index (χ4n) is 3.56. The molecule has 0 atom stereocenters. The topological polar surface area (TPSA) is 29.3 Å². The van der Waals surface area contributed by atoms with Crippen molar-refractivity contribution in [2.75, 3.05) is 5.32 Å². The van der Waals surface area contributed by atoms with E-state index in [4.69, 9.17) is 4.98 Å². The quantitative estimate of drug-likeness (QED) is 0.199. The number of para-hydroxylation sites is 1. The van der Waals surface area contributed by atoms with Crippen LogP contribution in [0.3, 0.4) is 0 Å². The van der Waals surface area contributed by atoms with Crippen LogP contribution in [-0.2, 0) is 0 Å². The average Bonchev–Trinajstić information content (AvgIpc) is 3.31. The van der Waals surface area contributed by atoms with Gasteiger partial charge in [-0.05, 0) is 87.5 Å². The predicted octanol–water partition coefficient (Wildman–Crippen LogP) is 8.13. The minimum atomic E-state index is -0.248. The fourth-order valence-corrected chi connectivity index (χ4v) is 5.96. The molecule has 2 heterocycles. The van der Waals surface area contributed by atoms with Crippen LogP contribution in [0, 0.1) is 19.9 Å². The molecule has 0 saturated heterocycles. The van der Waals surface area contributed by atoms with Crippen molar-refractivity contribution in [2.45, 2.75) is 6.92 Å². The van der Waals surface area contributed by atoms with Gasteiger partial charge in [-0.25, -0.2) is 9.37 Å². The van der Waals surface area contributed by atoms with Crippen LogP contribution in [0.4, 0.5) is 15.9 Å². The van der Waals surface area contributed by atoms with Crippen LogP contribution >= 0.6 is 56.5 Å². The predicted molar refractivity (Wildman–Crippen MR) is 144 cm³/mol. The Bertz CT molecular complexity index is 1390. The number of aromatic nitrogens is 2. The zero-order valence-corrected chi connectivity index (χ0v) is 21.5. The van der Waals surface area contributed by atoms with E-state index in [0.717, 1.165) is 51.7 Å². The summed E-state index contributed by atoms with van der Waals surface area (Å²) in [5.41, 5.74) is 6.11. The highest BCUT2D eigenvalue weighted by Crippen LogP contribution is 2.40. The highest BCUT2D eigenvalue weighted by molar-refractivity contribution is 14.1. The Balaban J connectivity index is 1.79. The SMILES string of the molecule is Cc1cccc(I)c1Nc1c(-c2ccc(F)cc2I)nc2scc(-c3ccccc3)n12. The highest BCUT2D eigenvalue weighted by Gasteiger charge is 2.22. The van der Waals surface area contributed by atoms with Crippen LogP contribution in [0.5, 0.6) is 0 Å². The third-order valence-corrected chi connectivity index (χ3v) is 7.70. The van der Waals surface area contributed by atoms with E-state index in [1.807, 2.05) is 18.2 Å². The second kappa shape index (κ2) is 8.51. The number of fused-ring (bicyclic) bond motifs is 1. The smallest absolute Gasteiger partial charge is 0.196 e. The standard InChI is InChI=1S/C24H16FI2N3S/c1-14-6-5-9-18(26)21(14)28-23-22(17-11-10-16(25)12-19(17)27)29-24-30(23)20(13-31-24)15-7-3-2-4-8-15/h2-13,28H,1H3. The van der Waals surface area contributed by atoms with Crippen LogP contribution in [-0.4, -0.2) is 9.38 Å². The number of benzene rings is 3. The maximum absolute atomic E-state index is 13.8. The lowest BCUT2D eigenvalue weighted by Gasteiger charge is -2.14. The number of anilines is 2. The van der Waals surface area contributed by atoms with Gasteiger partial charge in [0.25, 0.3) is 0 Å². The van der Waals surface area contributed by atoms with E-state index >= 15 is 0 Å². The molecule has 0 aliphatic carbocycles. The Morgan fingerprint density at radius 2 is 1.77 bits per heavy atom. The van der Waals surface area contributed by atoms with E-state index in [2.05, 4.69) is 97.5 Å². The van der Waals surface area contributed by atoms with Crippen molar-refractivity contribution in [1.29, 1.82) is 0 Å². The van der Waals surface area contributed by atoms with E-state index in [0.29, 0.717) is 0 Å². The number of nitrogens with one attached hydrogen (secondary N) is 1. The molecule has 0 radical (unpaired) electrons. The first-order valence-electron chi connectivity index (χ1n) is 9.56. The summed E-state index contributed by atoms with van der Waals surface area (Å²) in [6, 6.07) is 21.4. The zero-order chi connectivity index (χ0) is 21.5. The highest BCUT2D eigenvalue weighted by atomic mass is 127. The molecule has 0 amide bonds. The number of rotatable bonds is 4. The molecule has 0 fully saturated rings. The van der Waals surface area contributed by atoms with E-state index in [9.17, 15) is 4.39 Å². The average molecular weight is 651 g/mol. The molecule has 0 saturated carbocycles. The van der Waals surface area contributed by atoms with Gasteiger partial charge in [0.15, 0.2) is 4.96 Å². The van der Waals surface area contributed by atoms with Gasteiger partial charge in [0.2, 0.25) is 0 Å². The van der Waals surface area contributed by atoms with Crippen molar-refractivity contribution < 1.29 is 4.39 Å². The molecule has 0 bridgehead atoms. The fraction of sp³-hybridized carbons (Fsp3) is 0.0417. The number of nitrogens with zero attached hydrogens (tertiary/aromatic N) is 2. The Labute approximate surface area is 210 Å². The van der Waals surface area contributed by atoms with Crippen molar-refractivity contribution in [1.82, 2.24) is 9.38 Å². The number of aryl methyl sites for hydroxylation is 1. The first-order valence-corrected chi connectivity index (χ1v) is 12.6. The summed E-state index contributed by atoms with van der Waals surface area (Å²) < 4.78 is 17.9. The molecule has 5 rings (SSSR count). The summed E-state index contributed by atoms with van der Waals surface area (Å²) in [5, 5.41) is 5.80. The molecule has 1 N–H and O–H groups in total. The van der Waals surface area contributed by atoms with Gasteiger partial charge in [0, 0.05) is 18.1 Å². The van der Waals surface area contributed by atoms with Gasteiger partial charge in [-0.15, -0.1) is 11.3 Å². The first kappa shape index (κ1) is 20.9. The molecule has 0 aliphatic rings. The number of hydrogen-bond donors (Lipinski definition) is 1. The maximum Gasteiger partial charge on any atom is 0.196 e. The van der Waals surface area contributed by atoms with Crippen LogP contribution in [0.1, 0.15) is 5.56 Å². The summed E-state index contributed by atoms with van der Waals surface area (Å²) in [4.78, 5) is 5.85. The molecule has 3 nitrogen and oxygen atoms in total. The van der Waals surface area contributed by atoms with Crippen LogP contribution in [0.2, 0.25) is 0 Å². The van der Waals surface area contributed by atoms with Crippen molar-refractivity contribution in [2.24, 2.45) is 0 Å². The molecule has 31 heavy (non-hydrogen) atoms. The normalized spacial score (nSPS) is 11.2. The Morgan fingerprint density at radius 3 is 2.52 bits per heavy atom. The monoisotopic (exact) mass is 651 g/mol. The molecule has 7 heteroatoms. The number of imidazole rings is 1. The number of hydrogen-bond acceptors (Lipinski definition) is 3. The van der Waals surface area contributed by atoms with Crippen molar-refractivity contribution >= 4 is 73.0 Å². The van der Waals surface area contributed by atoms with Crippen molar-refractivity contribution in [3.05, 3.63) is 90.6 Å². The van der Waals surface area contributed by atoms with E-state index in [-0.39, 0.29) is 5.82 Å². The minimum absolute atomic E-state index is 0.248. The van der Waals surface area contributed by atoms with Gasteiger partial charge >= 0.3 is 0 Å². The summed E-state index contributed by atoms with van der Waals surface area (Å²) in [5.74, 6) is 0.633. The lowest BCUT2D eigenvalue weighted by molar-refractivity contribution is 0.627. The molecule has 0 aliphatic heterocycles. The first-order chi connectivity index (χ1) is 15.0. The largest absolute Gasteiger partial charge is 0.338 e. The second-order valence-electron chi connectivity index (χ2n) is 7.09. The molecule has 0 unspecified atom stereocenters. The lowest BCUT2D eigenvalue weighted by atomic mass is 10.1. The minimum Gasteiger partial charge on any atom is -0.338 e. The van der Waals surface area contributed by atoms with Gasteiger partial charge in [0.05, 0.1) is 11.4 Å².